The van der Waals surface area contributed by atoms with Crippen LogP contribution in [0, 0.1) is 15.9 Å². The Balaban J connectivity index is 2.30. The summed E-state index contributed by atoms with van der Waals surface area (Å²) in [4.78, 5) is 17.3. The molecule has 0 atom stereocenters. The van der Waals surface area contributed by atoms with Crippen LogP contribution in [0.4, 0.5) is 10.1 Å². The third kappa shape index (κ3) is 2.59. The third-order valence-electron chi connectivity index (χ3n) is 1.97. The highest BCUT2D eigenvalue weighted by atomic mass is 79.9. The van der Waals surface area contributed by atoms with Crippen LogP contribution in [0.3, 0.4) is 0 Å². The zero-order valence-electron chi connectivity index (χ0n) is 8.71. The lowest BCUT2D eigenvalue weighted by Crippen LogP contribution is -1.94. The Kier molecular flexibility index (Phi) is 3.47. The van der Waals surface area contributed by atoms with Crippen molar-refractivity contribution >= 4 is 21.6 Å². The van der Waals surface area contributed by atoms with Gasteiger partial charge in [0.2, 0.25) is 5.88 Å². The second-order valence-corrected chi connectivity index (χ2v) is 4.00. The molecule has 0 N–H and O–H groups in total. The van der Waals surface area contributed by atoms with Gasteiger partial charge in [-0.3, -0.25) is 10.1 Å². The Morgan fingerprint density at radius 1 is 1.44 bits per heavy atom. The predicted octanol–water partition coefficient (Wildman–Crippen LogP) is 3.08. The highest BCUT2D eigenvalue weighted by molar-refractivity contribution is 9.10. The summed E-state index contributed by atoms with van der Waals surface area (Å²) in [5, 5.41) is 10.4. The number of halogens is 2. The van der Waals surface area contributed by atoms with E-state index in [1.807, 2.05) is 0 Å². The van der Waals surface area contributed by atoms with E-state index >= 15 is 0 Å². The zero-order chi connectivity index (χ0) is 13.1. The van der Waals surface area contributed by atoms with Gasteiger partial charge in [0, 0.05) is 12.3 Å². The van der Waals surface area contributed by atoms with Crippen molar-refractivity contribution in [1.82, 2.24) is 9.97 Å². The first-order valence-electron chi connectivity index (χ1n) is 4.65. The Hall–Kier alpha value is -2.09. The summed E-state index contributed by atoms with van der Waals surface area (Å²) in [7, 11) is 0. The fraction of sp³-hybridized carbons (Fsp3) is 0. The van der Waals surface area contributed by atoms with E-state index < -0.39 is 10.7 Å². The standard InChI is InChI=1S/C10H5BrFN3O3/c11-7-4-13-5-14-10(7)18-9-2-1-6(15(16)17)3-8(9)12/h1-5H. The first-order chi connectivity index (χ1) is 8.58. The molecular formula is C10H5BrFN3O3. The number of nitro groups is 1. The van der Waals surface area contributed by atoms with Crippen molar-refractivity contribution < 1.29 is 14.1 Å². The minimum Gasteiger partial charge on any atom is -0.435 e. The van der Waals surface area contributed by atoms with Gasteiger partial charge in [0.25, 0.3) is 5.69 Å². The van der Waals surface area contributed by atoms with E-state index in [0.717, 1.165) is 12.1 Å². The van der Waals surface area contributed by atoms with Gasteiger partial charge in [0.1, 0.15) is 6.33 Å². The van der Waals surface area contributed by atoms with E-state index in [9.17, 15) is 14.5 Å². The molecule has 0 saturated heterocycles. The molecule has 2 aromatic rings. The summed E-state index contributed by atoms with van der Waals surface area (Å²) in [6, 6.07) is 3.10. The molecule has 0 spiro atoms. The van der Waals surface area contributed by atoms with E-state index in [2.05, 4.69) is 25.9 Å². The number of non-ortho nitro benzene ring substituents is 1. The molecule has 0 bridgehead atoms. The van der Waals surface area contributed by atoms with Gasteiger partial charge in [-0.25, -0.2) is 14.4 Å². The van der Waals surface area contributed by atoms with Crippen molar-refractivity contribution in [3.63, 3.8) is 0 Å². The zero-order valence-corrected chi connectivity index (χ0v) is 10.3. The van der Waals surface area contributed by atoms with Crippen molar-refractivity contribution in [2.45, 2.75) is 0 Å². The number of benzene rings is 1. The maximum absolute atomic E-state index is 13.5. The van der Waals surface area contributed by atoms with E-state index in [4.69, 9.17) is 4.74 Å². The number of rotatable bonds is 3. The first-order valence-corrected chi connectivity index (χ1v) is 5.44. The molecule has 6 nitrogen and oxygen atoms in total. The van der Waals surface area contributed by atoms with Crippen LogP contribution in [0.25, 0.3) is 0 Å². The number of hydrogen-bond acceptors (Lipinski definition) is 5. The fourth-order valence-electron chi connectivity index (χ4n) is 1.17. The van der Waals surface area contributed by atoms with Gasteiger partial charge < -0.3 is 4.74 Å². The Bertz CT molecular complexity index is 609. The van der Waals surface area contributed by atoms with Gasteiger partial charge in [-0.1, -0.05) is 0 Å². The van der Waals surface area contributed by atoms with Gasteiger partial charge in [0.15, 0.2) is 11.6 Å². The molecule has 1 heterocycles. The lowest BCUT2D eigenvalue weighted by molar-refractivity contribution is -0.385. The van der Waals surface area contributed by atoms with Crippen molar-refractivity contribution in [2.24, 2.45) is 0 Å². The molecule has 92 valence electrons. The Morgan fingerprint density at radius 3 is 2.83 bits per heavy atom. The molecule has 0 aliphatic heterocycles. The second kappa shape index (κ2) is 5.05. The summed E-state index contributed by atoms with van der Waals surface area (Å²) in [5.41, 5.74) is -0.346. The van der Waals surface area contributed by atoms with Gasteiger partial charge >= 0.3 is 0 Å². The van der Waals surface area contributed by atoms with Gasteiger partial charge in [0.05, 0.1) is 15.5 Å². The molecule has 0 amide bonds. The van der Waals surface area contributed by atoms with Crippen LogP contribution in [-0.4, -0.2) is 14.9 Å². The van der Waals surface area contributed by atoms with E-state index in [-0.39, 0.29) is 17.3 Å². The Morgan fingerprint density at radius 2 is 2.22 bits per heavy atom. The normalized spacial score (nSPS) is 10.1. The highest BCUT2D eigenvalue weighted by Crippen LogP contribution is 2.29. The summed E-state index contributed by atoms with van der Waals surface area (Å²) >= 11 is 3.14. The number of nitrogens with zero attached hydrogens (tertiary/aromatic N) is 3. The third-order valence-corrected chi connectivity index (χ3v) is 2.51. The van der Waals surface area contributed by atoms with E-state index in [1.165, 1.54) is 18.6 Å². The molecule has 0 aliphatic rings. The number of nitro benzene ring substituents is 1. The fourth-order valence-corrected chi connectivity index (χ4v) is 1.47. The monoisotopic (exact) mass is 313 g/mol. The van der Waals surface area contributed by atoms with Crippen LogP contribution >= 0.6 is 15.9 Å². The molecular weight excluding hydrogens is 309 g/mol. The molecule has 0 aliphatic carbocycles. The van der Waals surface area contributed by atoms with Crippen LogP contribution in [0.1, 0.15) is 0 Å². The smallest absolute Gasteiger partial charge is 0.272 e. The SMILES string of the molecule is O=[N+]([O-])c1ccc(Oc2ncncc2Br)c(F)c1. The van der Waals surface area contributed by atoms with Crippen molar-refractivity contribution in [2.75, 3.05) is 0 Å². The van der Waals surface area contributed by atoms with E-state index in [0.29, 0.717) is 4.47 Å². The molecule has 0 unspecified atom stereocenters. The Labute approximate surface area is 109 Å². The molecule has 1 aromatic carbocycles. The van der Waals surface area contributed by atoms with Gasteiger partial charge in [-0.05, 0) is 22.0 Å². The van der Waals surface area contributed by atoms with Crippen LogP contribution in [0.15, 0.2) is 35.2 Å². The van der Waals surface area contributed by atoms with Crippen molar-refractivity contribution in [1.29, 1.82) is 0 Å². The van der Waals surface area contributed by atoms with Crippen LogP contribution in [0.2, 0.25) is 0 Å². The summed E-state index contributed by atoms with van der Waals surface area (Å²) in [6.07, 6.45) is 2.68. The maximum atomic E-state index is 13.5. The maximum Gasteiger partial charge on any atom is 0.272 e. The number of hydrogen-bond donors (Lipinski definition) is 0. The molecule has 0 fully saturated rings. The van der Waals surface area contributed by atoms with Crippen LogP contribution < -0.4 is 4.74 Å². The van der Waals surface area contributed by atoms with E-state index in [1.54, 1.807) is 0 Å². The molecule has 0 radical (unpaired) electrons. The molecule has 8 heteroatoms. The lowest BCUT2D eigenvalue weighted by atomic mass is 10.3. The predicted molar refractivity (Wildman–Crippen MR) is 62.9 cm³/mol. The van der Waals surface area contributed by atoms with Crippen LogP contribution in [-0.2, 0) is 0 Å². The first kappa shape index (κ1) is 12.4. The molecule has 18 heavy (non-hydrogen) atoms. The summed E-state index contributed by atoms with van der Waals surface area (Å²) in [6.45, 7) is 0. The minimum absolute atomic E-state index is 0.123. The average Bonchev–Trinajstić information content (AvgIpc) is 2.34. The number of aromatic nitrogens is 2. The molecule has 1 aromatic heterocycles. The van der Waals surface area contributed by atoms with Crippen molar-refractivity contribution in [3.8, 4) is 11.6 Å². The van der Waals surface area contributed by atoms with Crippen molar-refractivity contribution in [3.05, 3.63) is 51.1 Å². The second-order valence-electron chi connectivity index (χ2n) is 3.15. The lowest BCUT2D eigenvalue weighted by Gasteiger charge is -2.06. The van der Waals surface area contributed by atoms with Gasteiger partial charge in [-0.15, -0.1) is 0 Å². The number of ether oxygens (including phenoxy) is 1. The van der Waals surface area contributed by atoms with Gasteiger partial charge in [-0.2, -0.15) is 0 Å². The highest BCUT2D eigenvalue weighted by Gasteiger charge is 2.13. The minimum atomic E-state index is -0.838. The topological polar surface area (TPSA) is 78.2 Å². The summed E-state index contributed by atoms with van der Waals surface area (Å²) < 4.78 is 19.2. The largest absolute Gasteiger partial charge is 0.435 e. The molecule has 0 saturated carbocycles. The quantitative estimate of drug-likeness (QED) is 0.642. The average molecular weight is 314 g/mol. The summed E-state index contributed by atoms with van der Waals surface area (Å²) in [5.74, 6) is -0.868. The molecule has 2 rings (SSSR count). The van der Waals surface area contributed by atoms with Crippen LogP contribution in [0.5, 0.6) is 11.6 Å².